The lowest BCUT2D eigenvalue weighted by atomic mass is 10.2. The van der Waals surface area contributed by atoms with Crippen molar-refractivity contribution in [3.63, 3.8) is 0 Å². The Bertz CT molecular complexity index is 762. The number of nitrogens with one attached hydrogen (secondary N) is 1. The number of ether oxygens (including phenoxy) is 1. The summed E-state index contributed by atoms with van der Waals surface area (Å²) in [6.45, 7) is 6.60. The second kappa shape index (κ2) is 7.85. The van der Waals surface area contributed by atoms with Crippen molar-refractivity contribution in [2.24, 2.45) is 0 Å². The number of morpholine rings is 1. The van der Waals surface area contributed by atoms with Gasteiger partial charge < -0.3 is 15.0 Å². The van der Waals surface area contributed by atoms with Crippen LogP contribution in [0.5, 0.6) is 0 Å². The predicted octanol–water partition coefficient (Wildman–Crippen LogP) is 3.94. The highest BCUT2D eigenvalue weighted by atomic mass is 79.9. The van der Waals surface area contributed by atoms with Crippen LogP contribution in [0.15, 0.2) is 41.0 Å². The van der Waals surface area contributed by atoms with Crippen LogP contribution in [0.3, 0.4) is 0 Å². The molecule has 2 atom stereocenters. The van der Waals surface area contributed by atoms with E-state index in [0.717, 1.165) is 34.6 Å². The maximum Gasteiger partial charge on any atom is 0.128 e. The van der Waals surface area contributed by atoms with Gasteiger partial charge in [-0.15, -0.1) is 0 Å². The van der Waals surface area contributed by atoms with Gasteiger partial charge in [-0.25, -0.2) is 4.98 Å². The average Bonchev–Trinajstić information content (AvgIpc) is 2.60. The molecule has 0 radical (unpaired) electrons. The number of nitriles is 1. The number of halogens is 1. The third-order valence-electron chi connectivity index (χ3n) is 4.13. The first-order valence-corrected chi connectivity index (χ1v) is 9.13. The van der Waals surface area contributed by atoms with Gasteiger partial charge >= 0.3 is 0 Å². The molecule has 25 heavy (non-hydrogen) atoms. The fourth-order valence-corrected chi connectivity index (χ4v) is 3.52. The molecule has 1 N–H and O–H groups in total. The van der Waals surface area contributed by atoms with E-state index in [0.29, 0.717) is 12.1 Å². The summed E-state index contributed by atoms with van der Waals surface area (Å²) < 4.78 is 6.65. The van der Waals surface area contributed by atoms with E-state index in [2.05, 4.69) is 63.2 Å². The molecule has 1 aromatic heterocycles. The van der Waals surface area contributed by atoms with Gasteiger partial charge in [-0.05, 0) is 59.6 Å². The molecule has 2 unspecified atom stereocenters. The number of hydrogen-bond donors (Lipinski definition) is 1. The number of pyridine rings is 1. The van der Waals surface area contributed by atoms with Gasteiger partial charge in [0.2, 0.25) is 0 Å². The largest absolute Gasteiger partial charge is 0.380 e. The molecule has 2 aromatic rings. The maximum atomic E-state index is 8.92. The van der Waals surface area contributed by atoms with E-state index in [1.165, 1.54) is 0 Å². The Hall–Kier alpha value is -2.10. The summed E-state index contributed by atoms with van der Waals surface area (Å²) in [5.74, 6) is 0.991. The van der Waals surface area contributed by atoms with Crippen molar-refractivity contribution < 1.29 is 4.74 Å². The van der Waals surface area contributed by atoms with Crippen molar-refractivity contribution >= 4 is 27.4 Å². The van der Waals surface area contributed by atoms with Crippen LogP contribution in [0.25, 0.3) is 0 Å². The first-order valence-electron chi connectivity index (χ1n) is 8.34. The van der Waals surface area contributed by atoms with Crippen molar-refractivity contribution in [3.05, 3.63) is 52.1 Å². The van der Waals surface area contributed by atoms with Gasteiger partial charge in [0, 0.05) is 36.0 Å². The van der Waals surface area contributed by atoms with E-state index < -0.39 is 0 Å². The Morgan fingerprint density at radius 3 is 2.64 bits per heavy atom. The highest BCUT2D eigenvalue weighted by Gasteiger charge is 2.22. The van der Waals surface area contributed by atoms with Crippen LogP contribution >= 0.6 is 15.9 Å². The Labute approximate surface area is 156 Å². The number of anilines is 2. The van der Waals surface area contributed by atoms with Crippen molar-refractivity contribution in [2.45, 2.75) is 32.6 Å². The topological polar surface area (TPSA) is 61.2 Å². The molecule has 130 valence electrons. The lowest BCUT2D eigenvalue weighted by Crippen LogP contribution is -2.45. The zero-order valence-corrected chi connectivity index (χ0v) is 16.0. The quantitative estimate of drug-likeness (QED) is 0.841. The zero-order valence-electron chi connectivity index (χ0n) is 14.4. The minimum absolute atomic E-state index is 0.223. The standard InChI is InChI=1S/C19H21BrN4O/c1-13-11-24(12-14(2)25-13)19-6-4-16(10-23-19)9-22-18-5-3-15(8-21)7-17(18)20/h3-7,10,13-14,22H,9,11-12H2,1-2H3. The summed E-state index contributed by atoms with van der Waals surface area (Å²) in [5.41, 5.74) is 2.70. The molecule has 1 aliphatic rings. The van der Waals surface area contributed by atoms with Crippen LogP contribution in [0.4, 0.5) is 11.5 Å². The smallest absolute Gasteiger partial charge is 0.128 e. The Kier molecular flexibility index (Phi) is 5.57. The van der Waals surface area contributed by atoms with Crippen LogP contribution in [-0.4, -0.2) is 30.3 Å². The van der Waals surface area contributed by atoms with Gasteiger partial charge in [-0.2, -0.15) is 5.26 Å². The average molecular weight is 401 g/mol. The molecule has 0 bridgehead atoms. The third-order valence-corrected chi connectivity index (χ3v) is 4.79. The van der Waals surface area contributed by atoms with E-state index in [9.17, 15) is 0 Å². The SMILES string of the molecule is CC1CN(c2ccc(CNc3ccc(C#N)cc3Br)cn2)CC(C)O1. The summed E-state index contributed by atoms with van der Waals surface area (Å²) in [4.78, 5) is 6.88. The van der Waals surface area contributed by atoms with E-state index in [1.54, 1.807) is 6.07 Å². The first-order chi connectivity index (χ1) is 12.0. The van der Waals surface area contributed by atoms with E-state index in [1.807, 2.05) is 18.3 Å². The third kappa shape index (κ3) is 4.50. The molecule has 1 fully saturated rings. The second-order valence-corrected chi connectivity index (χ2v) is 7.20. The van der Waals surface area contributed by atoms with Gasteiger partial charge in [-0.3, -0.25) is 0 Å². The van der Waals surface area contributed by atoms with E-state index >= 15 is 0 Å². The molecule has 5 nitrogen and oxygen atoms in total. The molecule has 1 aliphatic heterocycles. The Morgan fingerprint density at radius 1 is 1.28 bits per heavy atom. The Morgan fingerprint density at radius 2 is 2.04 bits per heavy atom. The number of hydrogen-bond acceptors (Lipinski definition) is 5. The van der Waals surface area contributed by atoms with Gasteiger partial charge in [-0.1, -0.05) is 6.07 Å². The van der Waals surface area contributed by atoms with E-state index in [-0.39, 0.29) is 12.2 Å². The lowest BCUT2D eigenvalue weighted by molar-refractivity contribution is -0.00545. The van der Waals surface area contributed by atoms with Gasteiger partial charge in [0.1, 0.15) is 5.82 Å². The number of aromatic nitrogens is 1. The van der Waals surface area contributed by atoms with Crippen LogP contribution < -0.4 is 10.2 Å². The number of benzene rings is 1. The van der Waals surface area contributed by atoms with Crippen LogP contribution in [0, 0.1) is 11.3 Å². The minimum Gasteiger partial charge on any atom is -0.380 e. The molecule has 3 rings (SSSR count). The predicted molar refractivity (Wildman–Crippen MR) is 103 cm³/mol. The fourth-order valence-electron chi connectivity index (χ4n) is 3.00. The molecule has 1 aromatic carbocycles. The van der Waals surface area contributed by atoms with Crippen molar-refractivity contribution in [3.8, 4) is 6.07 Å². The number of nitrogens with zero attached hydrogens (tertiary/aromatic N) is 3. The summed E-state index contributed by atoms with van der Waals surface area (Å²) in [6.07, 6.45) is 2.35. The molecule has 0 amide bonds. The summed E-state index contributed by atoms with van der Waals surface area (Å²) >= 11 is 3.49. The van der Waals surface area contributed by atoms with Crippen molar-refractivity contribution in [1.82, 2.24) is 4.98 Å². The van der Waals surface area contributed by atoms with Crippen LogP contribution in [-0.2, 0) is 11.3 Å². The lowest BCUT2D eigenvalue weighted by Gasteiger charge is -2.36. The molecule has 0 aliphatic carbocycles. The van der Waals surface area contributed by atoms with Crippen molar-refractivity contribution in [1.29, 1.82) is 5.26 Å². The van der Waals surface area contributed by atoms with Gasteiger partial charge in [0.15, 0.2) is 0 Å². The first kappa shape index (κ1) is 17.7. The summed E-state index contributed by atoms with van der Waals surface area (Å²) in [5, 5.41) is 12.3. The molecule has 0 saturated carbocycles. The molecule has 2 heterocycles. The normalized spacial score (nSPS) is 20.2. The molecule has 6 heteroatoms. The van der Waals surface area contributed by atoms with Gasteiger partial charge in [0.05, 0.1) is 23.8 Å². The monoisotopic (exact) mass is 400 g/mol. The molecule has 0 spiro atoms. The maximum absolute atomic E-state index is 8.92. The Balaban J connectivity index is 1.62. The highest BCUT2D eigenvalue weighted by molar-refractivity contribution is 9.10. The minimum atomic E-state index is 0.223. The summed E-state index contributed by atoms with van der Waals surface area (Å²) in [7, 11) is 0. The van der Waals surface area contributed by atoms with Gasteiger partial charge in [0.25, 0.3) is 0 Å². The van der Waals surface area contributed by atoms with Crippen LogP contribution in [0.1, 0.15) is 25.0 Å². The zero-order chi connectivity index (χ0) is 17.8. The van der Waals surface area contributed by atoms with Crippen molar-refractivity contribution in [2.75, 3.05) is 23.3 Å². The molecular weight excluding hydrogens is 380 g/mol. The van der Waals surface area contributed by atoms with E-state index in [4.69, 9.17) is 10.00 Å². The van der Waals surface area contributed by atoms with Crippen LogP contribution in [0.2, 0.25) is 0 Å². The molecular formula is C19H21BrN4O. The number of rotatable bonds is 4. The fraction of sp³-hybridized carbons (Fsp3) is 0.368. The highest BCUT2D eigenvalue weighted by Crippen LogP contribution is 2.24. The summed E-state index contributed by atoms with van der Waals surface area (Å²) in [6, 6.07) is 11.8. The molecule has 1 saturated heterocycles. The second-order valence-electron chi connectivity index (χ2n) is 6.35.